The molecule has 0 spiro atoms. The van der Waals surface area contributed by atoms with Crippen LogP contribution in [-0.4, -0.2) is 25.2 Å². The first kappa shape index (κ1) is 8.82. The molecule has 0 atom stereocenters. The molecule has 2 rings (SSSR count). The molecule has 0 aromatic carbocycles. The normalized spacial score (nSPS) is 10.7. The highest BCUT2D eigenvalue weighted by molar-refractivity contribution is 4.92. The van der Waals surface area contributed by atoms with Crippen molar-refractivity contribution in [1.82, 2.24) is 25.2 Å². The van der Waals surface area contributed by atoms with Crippen molar-refractivity contribution in [2.75, 3.05) is 0 Å². The molecular weight excluding hydrogens is 184 g/mol. The van der Waals surface area contributed by atoms with E-state index in [0.717, 1.165) is 5.69 Å². The molecule has 0 saturated heterocycles. The van der Waals surface area contributed by atoms with Gasteiger partial charge >= 0.3 is 0 Å². The Morgan fingerprint density at radius 3 is 2.86 bits per heavy atom. The van der Waals surface area contributed by atoms with E-state index in [2.05, 4.69) is 20.5 Å². The minimum atomic E-state index is 0.378. The fourth-order valence-corrected chi connectivity index (χ4v) is 1.05. The second-order valence-corrected chi connectivity index (χ2v) is 2.83. The van der Waals surface area contributed by atoms with Gasteiger partial charge in [0.25, 0.3) is 0 Å². The van der Waals surface area contributed by atoms with Crippen LogP contribution in [0.5, 0.6) is 0 Å². The van der Waals surface area contributed by atoms with Gasteiger partial charge in [-0.2, -0.15) is 0 Å². The molecule has 74 valence electrons. The summed E-state index contributed by atoms with van der Waals surface area (Å²) in [6, 6.07) is 0. The molecule has 2 N–H and O–H groups in total. The highest BCUT2D eigenvalue weighted by Gasteiger charge is 2.04. The smallest absolute Gasteiger partial charge is 0.237 e. The highest BCUT2D eigenvalue weighted by atomic mass is 16.4. The van der Waals surface area contributed by atoms with Crippen molar-refractivity contribution in [1.29, 1.82) is 0 Å². The van der Waals surface area contributed by atoms with E-state index < -0.39 is 0 Å². The van der Waals surface area contributed by atoms with Crippen molar-refractivity contribution in [3.63, 3.8) is 0 Å². The van der Waals surface area contributed by atoms with E-state index in [1.807, 2.05) is 0 Å². The van der Waals surface area contributed by atoms with Crippen molar-refractivity contribution in [2.45, 2.75) is 20.0 Å². The number of nitrogens with zero attached hydrogens (tertiary/aromatic N) is 5. The molecule has 0 amide bonds. The summed E-state index contributed by atoms with van der Waals surface area (Å²) in [5, 5.41) is 15.2. The lowest BCUT2D eigenvalue weighted by Gasteiger charge is -1.92. The van der Waals surface area contributed by atoms with Crippen molar-refractivity contribution in [3.8, 4) is 0 Å². The van der Waals surface area contributed by atoms with Crippen LogP contribution in [0.4, 0.5) is 0 Å². The zero-order chi connectivity index (χ0) is 9.97. The number of hydrogen-bond donors (Lipinski definition) is 1. The van der Waals surface area contributed by atoms with E-state index in [1.165, 1.54) is 0 Å². The number of nitrogens with two attached hydrogens (primary N) is 1. The maximum Gasteiger partial charge on any atom is 0.237 e. The van der Waals surface area contributed by atoms with Gasteiger partial charge in [-0.3, -0.25) is 0 Å². The Labute approximate surface area is 79.9 Å². The van der Waals surface area contributed by atoms with Crippen LogP contribution in [-0.2, 0) is 13.1 Å². The van der Waals surface area contributed by atoms with Gasteiger partial charge in [-0.25, -0.2) is 4.68 Å². The van der Waals surface area contributed by atoms with Crippen LogP contribution < -0.4 is 5.73 Å². The molecule has 0 aliphatic carbocycles. The molecule has 2 heterocycles. The van der Waals surface area contributed by atoms with E-state index >= 15 is 0 Å². The van der Waals surface area contributed by atoms with Crippen LogP contribution in [0.25, 0.3) is 0 Å². The standard InChI is InChI=1S/C7H10N6O/c1-5-9-11-7(14-5)4-13-3-6(2-8)10-12-13/h3H,2,4,8H2,1H3. The Hall–Kier alpha value is -1.76. The van der Waals surface area contributed by atoms with Crippen molar-refractivity contribution in [2.24, 2.45) is 5.73 Å². The Balaban J connectivity index is 2.10. The van der Waals surface area contributed by atoms with Gasteiger partial charge in [-0.05, 0) is 0 Å². The zero-order valence-electron chi connectivity index (χ0n) is 7.71. The summed E-state index contributed by atoms with van der Waals surface area (Å²) in [5.41, 5.74) is 6.13. The monoisotopic (exact) mass is 194 g/mol. The Bertz CT molecular complexity index is 419. The van der Waals surface area contributed by atoms with Gasteiger partial charge in [0.15, 0.2) is 0 Å². The quantitative estimate of drug-likeness (QED) is 0.706. The largest absolute Gasteiger partial charge is 0.424 e. The lowest BCUT2D eigenvalue weighted by atomic mass is 10.5. The first-order valence-corrected chi connectivity index (χ1v) is 4.16. The van der Waals surface area contributed by atoms with E-state index in [0.29, 0.717) is 24.9 Å². The fraction of sp³-hybridized carbons (Fsp3) is 0.429. The summed E-state index contributed by atoms with van der Waals surface area (Å²) < 4.78 is 6.79. The predicted octanol–water partition coefficient (Wildman–Crippen LogP) is -0.523. The summed E-state index contributed by atoms with van der Waals surface area (Å²) in [6.07, 6.45) is 1.75. The van der Waals surface area contributed by atoms with Crippen LogP contribution in [0.3, 0.4) is 0 Å². The zero-order valence-corrected chi connectivity index (χ0v) is 7.71. The number of rotatable bonds is 3. The van der Waals surface area contributed by atoms with E-state index in [-0.39, 0.29) is 0 Å². The third-order valence-corrected chi connectivity index (χ3v) is 1.66. The van der Waals surface area contributed by atoms with Gasteiger partial charge in [0.05, 0.1) is 11.9 Å². The molecular formula is C7H10N6O. The van der Waals surface area contributed by atoms with Crippen LogP contribution in [0.15, 0.2) is 10.6 Å². The summed E-state index contributed by atoms with van der Waals surface area (Å²) in [5.74, 6) is 1.05. The summed E-state index contributed by atoms with van der Waals surface area (Å²) in [4.78, 5) is 0. The number of aromatic nitrogens is 5. The van der Waals surface area contributed by atoms with Crippen LogP contribution in [0, 0.1) is 6.92 Å². The maximum atomic E-state index is 5.39. The van der Waals surface area contributed by atoms with E-state index in [4.69, 9.17) is 10.2 Å². The SMILES string of the molecule is Cc1nnc(Cn2cc(CN)nn2)o1. The van der Waals surface area contributed by atoms with Crippen LogP contribution >= 0.6 is 0 Å². The van der Waals surface area contributed by atoms with E-state index in [1.54, 1.807) is 17.8 Å². The minimum Gasteiger partial charge on any atom is -0.424 e. The average Bonchev–Trinajstić information content (AvgIpc) is 2.76. The summed E-state index contributed by atoms with van der Waals surface area (Å²) >= 11 is 0. The van der Waals surface area contributed by atoms with Crippen molar-refractivity contribution < 1.29 is 4.42 Å². The summed E-state index contributed by atoms with van der Waals surface area (Å²) in [6.45, 7) is 2.54. The van der Waals surface area contributed by atoms with Gasteiger partial charge in [-0.1, -0.05) is 5.21 Å². The molecule has 2 aromatic rings. The van der Waals surface area contributed by atoms with Gasteiger partial charge < -0.3 is 10.2 Å². The minimum absolute atomic E-state index is 0.378. The Kier molecular flexibility index (Phi) is 2.23. The highest BCUT2D eigenvalue weighted by Crippen LogP contribution is 2.00. The van der Waals surface area contributed by atoms with E-state index in [9.17, 15) is 0 Å². The molecule has 0 aliphatic rings. The lowest BCUT2D eigenvalue weighted by molar-refractivity contribution is 0.441. The second kappa shape index (κ2) is 3.54. The molecule has 0 saturated carbocycles. The van der Waals surface area contributed by atoms with Crippen molar-refractivity contribution in [3.05, 3.63) is 23.7 Å². The third kappa shape index (κ3) is 1.77. The second-order valence-electron chi connectivity index (χ2n) is 2.83. The Morgan fingerprint density at radius 1 is 1.43 bits per heavy atom. The third-order valence-electron chi connectivity index (χ3n) is 1.66. The molecule has 0 aliphatic heterocycles. The van der Waals surface area contributed by atoms with Gasteiger partial charge in [-0.15, -0.1) is 15.3 Å². The maximum absolute atomic E-state index is 5.39. The molecule has 14 heavy (non-hydrogen) atoms. The van der Waals surface area contributed by atoms with Gasteiger partial charge in [0, 0.05) is 13.5 Å². The first-order valence-electron chi connectivity index (χ1n) is 4.16. The Morgan fingerprint density at radius 2 is 2.29 bits per heavy atom. The molecule has 7 heteroatoms. The average molecular weight is 194 g/mol. The lowest BCUT2D eigenvalue weighted by Crippen LogP contribution is -2.00. The molecule has 0 fully saturated rings. The molecule has 0 unspecified atom stereocenters. The molecule has 7 nitrogen and oxygen atoms in total. The van der Waals surface area contributed by atoms with Gasteiger partial charge in [0.2, 0.25) is 11.8 Å². The van der Waals surface area contributed by atoms with Crippen LogP contribution in [0.1, 0.15) is 17.5 Å². The first-order chi connectivity index (χ1) is 6.78. The number of hydrogen-bond acceptors (Lipinski definition) is 6. The van der Waals surface area contributed by atoms with Crippen molar-refractivity contribution >= 4 is 0 Å². The molecule has 0 radical (unpaired) electrons. The number of aryl methyl sites for hydroxylation is 1. The topological polar surface area (TPSA) is 95.7 Å². The molecule has 0 bridgehead atoms. The van der Waals surface area contributed by atoms with Gasteiger partial charge in [0.1, 0.15) is 6.54 Å². The fourth-order valence-electron chi connectivity index (χ4n) is 1.05. The predicted molar refractivity (Wildman–Crippen MR) is 46.1 cm³/mol. The molecule has 2 aromatic heterocycles. The van der Waals surface area contributed by atoms with Crippen LogP contribution in [0.2, 0.25) is 0 Å². The summed E-state index contributed by atoms with van der Waals surface area (Å²) in [7, 11) is 0.